The Bertz CT molecular complexity index is 624. The van der Waals surface area contributed by atoms with Gasteiger partial charge in [-0.25, -0.2) is 0 Å². The maximum Gasteiger partial charge on any atom is 0.0726 e. The van der Waals surface area contributed by atoms with E-state index in [1.54, 1.807) is 0 Å². The lowest BCUT2D eigenvalue weighted by atomic mass is 10.1. The fraction of sp³-hybridized carbons (Fsp3) is 0.438. The number of nitrogens with two attached hydrogens (primary N) is 1. The number of rotatable bonds is 2. The summed E-state index contributed by atoms with van der Waals surface area (Å²) in [4.78, 5) is 7.11. The maximum absolute atomic E-state index is 5.81. The zero-order valence-electron chi connectivity index (χ0n) is 12.1. The van der Waals surface area contributed by atoms with Gasteiger partial charge >= 0.3 is 0 Å². The second-order valence-electron chi connectivity index (χ2n) is 5.88. The molecular formula is C16H21N3S. The Kier molecular flexibility index (Phi) is 3.61. The van der Waals surface area contributed by atoms with Gasteiger partial charge in [0.25, 0.3) is 0 Å². The van der Waals surface area contributed by atoms with Gasteiger partial charge in [-0.1, -0.05) is 18.2 Å². The highest BCUT2D eigenvalue weighted by atomic mass is 32.2. The second-order valence-corrected chi connectivity index (χ2v) is 7.69. The van der Waals surface area contributed by atoms with Crippen molar-refractivity contribution in [1.82, 2.24) is 4.98 Å². The van der Waals surface area contributed by atoms with E-state index in [0.29, 0.717) is 11.3 Å². The largest absolute Gasteiger partial charge is 0.369 e. The van der Waals surface area contributed by atoms with Crippen LogP contribution in [0.2, 0.25) is 0 Å². The minimum Gasteiger partial charge on any atom is -0.369 e. The maximum atomic E-state index is 5.81. The van der Waals surface area contributed by atoms with E-state index in [-0.39, 0.29) is 0 Å². The first-order chi connectivity index (χ1) is 9.59. The fourth-order valence-electron chi connectivity index (χ4n) is 2.80. The Morgan fingerprint density at radius 3 is 2.90 bits per heavy atom. The molecule has 20 heavy (non-hydrogen) atoms. The Morgan fingerprint density at radius 2 is 2.15 bits per heavy atom. The third-order valence-electron chi connectivity index (χ3n) is 3.72. The molecular weight excluding hydrogens is 266 g/mol. The first-order valence-corrected chi connectivity index (χ1v) is 8.05. The zero-order chi connectivity index (χ0) is 14.2. The van der Waals surface area contributed by atoms with Crippen molar-refractivity contribution in [1.29, 1.82) is 0 Å². The number of thioether (sulfide) groups is 1. The van der Waals surface area contributed by atoms with Crippen LogP contribution in [0.3, 0.4) is 0 Å². The second kappa shape index (κ2) is 5.26. The van der Waals surface area contributed by atoms with Crippen LogP contribution in [0, 0.1) is 0 Å². The summed E-state index contributed by atoms with van der Waals surface area (Å²) in [7, 11) is 0. The molecule has 1 aromatic carbocycles. The van der Waals surface area contributed by atoms with Gasteiger partial charge < -0.3 is 10.6 Å². The van der Waals surface area contributed by atoms with Crippen LogP contribution in [-0.4, -0.2) is 28.6 Å². The summed E-state index contributed by atoms with van der Waals surface area (Å²) in [6.45, 7) is 7.28. The van der Waals surface area contributed by atoms with E-state index in [2.05, 4.69) is 59.8 Å². The van der Waals surface area contributed by atoms with Crippen molar-refractivity contribution in [2.24, 2.45) is 5.73 Å². The highest BCUT2D eigenvalue weighted by Crippen LogP contribution is 2.35. The molecule has 2 heterocycles. The molecule has 0 amide bonds. The molecule has 0 spiro atoms. The van der Waals surface area contributed by atoms with Crippen LogP contribution in [0.15, 0.2) is 30.3 Å². The lowest BCUT2D eigenvalue weighted by molar-refractivity contribution is 0.648. The van der Waals surface area contributed by atoms with Crippen LogP contribution in [0.4, 0.5) is 5.69 Å². The third kappa shape index (κ3) is 2.63. The molecule has 1 aliphatic heterocycles. The van der Waals surface area contributed by atoms with Crippen LogP contribution in [0.5, 0.6) is 0 Å². The molecule has 2 N–H and O–H groups in total. The standard InChI is InChI=1S/C16H21N3S/c1-16(2)11-19(7-8-20-16)15-9-12(10-17)18-14-6-4-3-5-13(14)15/h3-6,9H,7-8,10-11,17H2,1-2H3. The van der Waals surface area contributed by atoms with Crippen LogP contribution in [0.25, 0.3) is 10.9 Å². The summed E-state index contributed by atoms with van der Waals surface area (Å²) in [5.41, 5.74) is 9.10. The molecule has 1 fully saturated rings. The Balaban J connectivity index is 2.09. The van der Waals surface area contributed by atoms with Crippen molar-refractivity contribution in [2.75, 3.05) is 23.7 Å². The molecule has 1 aliphatic rings. The lowest BCUT2D eigenvalue weighted by Crippen LogP contribution is -2.43. The quantitative estimate of drug-likeness (QED) is 0.922. The highest BCUT2D eigenvalue weighted by molar-refractivity contribution is 8.00. The molecule has 3 rings (SSSR count). The minimum atomic E-state index is 0.297. The number of fused-ring (bicyclic) bond motifs is 1. The Labute approximate surface area is 124 Å². The van der Waals surface area contributed by atoms with Crippen molar-refractivity contribution in [3.8, 4) is 0 Å². The van der Waals surface area contributed by atoms with E-state index < -0.39 is 0 Å². The summed E-state index contributed by atoms with van der Waals surface area (Å²) in [6.07, 6.45) is 0. The number of anilines is 1. The van der Waals surface area contributed by atoms with E-state index in [9.17, 15) is 0 Å². The summed E-state index contributed by atoms with van der Waals surface area (Å²) in [5, 5.41) is 1.23. The first kappa shape index (κ1) is 13.7. The van der Waals surface area contributed by atoms with Crippen molar-refractivity contribution < 1.29 is 0 Å². The van der Waals surface area contributed by atoms with Crippen LogP contribution >= 0.6 is 11.8 Å². The van der Waals surface area contributed by atoms with Crippen molar-refractivity contribution in [2.45, 2.75) is 25.1 Å². The molecule has 2 aromatic rings. The van der Waals surface area contributed by atoms with Gasteiger partial charge in [-0.05, 0) is 26.0 Å². The van der Waals surface area contributed by atoms with Crippen LogP contribution in [-0.2, 0) is 6.54 Å². The van der Waals surface area contributed by atoms with Gasteiger partial charge in [0.1, 0.15) is 0 Å². The van der Waals surface area contributed by atoms with Gasteiger partial charge in [-0.15, -0.1) is 0 Å². The molecule has 106 valence electrons. The molecule has 0 aliphatic carbocycles. The third-order valence-corrected chi connectivity index (χ3v) is 5.02. The normalized spacial score (nSPS) is 18.4. The summed E-state index contributed by atoms with van der Waals surface area (Å²) in [5.74, 6) is 1.17. The average molecular weight is 287 g/mol. The van der Waals surface area contributed by atoms with Gasteiger partial charge in [0.05, 0.1) is 11.2 Å². The van der Waals surface area contributed by atoms with Crippen LogP contribution < -0.4 is 10.6 Å². The molecule has 1 saturated heterocycles. The zero-order valence-corrected chi connectivity index (χ0v) is 12.9. The monoisotopic (exact) mass is 287 g/mol. The van der Waals surface area contributed by atoms with Crippen molar-refractivity contribution in [3.63, 3.8) is 0 Å². The van der Waals surface area contributed by atoms with Crippen molar-refractivity contribution >= 4 is 28.4 Å². The SMILES string of the molecule is CC1(C)CN(c2cc(CN)nc3ccccc23)CCS1. The van der Waals surface area contributed by atoms with E-state index >= 15 is 0 Å². The number of aromatic nitrogens is 1. The number of pyridine rings is 1. The first-order valence-electron chi connectivity index (χ1n) is 7.07. The molecule has 3 nitrogen and oxygen atoms in total. The molecule has 0 saturated carbocycles. The number of benzene rings is 1. The Hall–Kier alpha value is -1.26. The molecule has 0 atom stereocenters. The fourth-order valence-corrected chi connectivity index (χ4v) is 3.91. The number of para-hydroxylation sites is 1. The van der Waals surface area contributed by atoms with Crippen LogP contribution in [0.1, 0.15) is 19.5 Å². The van der Waals surface area contributed by atoms with Gasteiger partial charge in [0.2, 0.25) is 0 Å². The number of hydrogen-bond donors (Lipinski definition) is 1. The predicted molar refractivity (Wildman–Crippen MR) is 88.4 cm³/mol. The van der Waals surface area contributed by atoms with E-state index in [1.807, 2.05) is 6.07 Å². The molecule has 0 unspecified atom stereocenters. The summed E-state index contributed by atoms with van der Waals surface area (Å²) >= 11 is 2.05. The Morgan fingerprint density at radius 1 is 1.35 bits per heavy atom. The van der Waals surface area contributed by atoms with Gasteiger partial charge in [-0.2, -0.15) is 11.8 Å². The minimum absolute atomic E-state index is 0.297. The number of hydrogen-bond acceptors (Lipinski definition) is 4. The average Bonchev–Trinajstić information content (AvgIpc) is 2.45. The van der Waals surface area contributed by atoms with Crippen molar-refractivity contribution in [3.05, 3.63) is 36.0 Å². The summed E-state index contributed by atoms with van der Waals surface area (Å²) in [6, 6.07) is 10.5. The topological polar surface area (TPSA) is 42.1 Å². The van der Waals surface area contributed by atoms with E-state index in [4.69, 9.17) is 5.73 Å². The number of nitrogens with zero attached hydrogens (tertiary/aromatic N) is 2. The molecule has 0 bridgehead atoms. The van der Waals surface area contributed by atoms with E-state index in [0.717, 1.165) is 24.3 Å². The molecule has 1 aromatic heterocycles. The predicted octanol–water partition coefficient (Wildman–Crippen LogP) is 3.03. The van der Waals surface area contributed by atoms with Gasteiger partial charge in [-0.3, -0.25) is 4.98 Å². The van der Waals surface area contributed by atoms with E-state index in [1.165, 1.54) is 16.8 Å². The lowest BCUT2D eigenvalue weighted by Gasteiger charge is -2.39. The smallest absolute Gasteiger partial charge is 0.0726 e. The molecule has 0 radical (unpaired) electrons. The molecule has 4 heteroatoms. The van der Waals surface area contributed by atoms with Gasteiger partial charge in [0.15, 0.2) is 0 Å². The highest BCUT2D eigenvalue weighted by Gasteiger charge is 2.28. The summed E-state index contributed by atoms with van der Waals surface area (Å²) < 4.78 is 0.297. The van der Waals surface area contributed by atoms with Gasteiger partial charge in [0, 0.05) is 41.2 Å².